The summed E-state index contributed by atoms with van der Waals surface area (Å²) in [6, 6.07) is 26.6. The zero-order valence-electron chi connectivity index (χ0n) is 20.4. The predicted molar refractivity (Wildman–Crippen MR) is 157 cm³/mol. The minimum Gasteiger partial charge on any atom is -0.147 e. The Balaban J connectivity index is 0.00000144. The van der Waals surface area contributed by atoms with Gasteiger partial charge in [-0.2, -0.15) is 0 Å². The number of hydrogen-bond acceptors (Lipinski definition) is 1. The van der Waals surface area contributed by atoms with Crippen LogP contribution in [0, 0.1) is 0 Å². The van der Waals surface area contributed by atoms with E-state index >= 15 is 0 Å². The third-order valence-corrected chi connectivity index (χ3v) is 25.8. The largest absolute Gasteiger partial charge is 0.147 e. The molecule has 2 atom stereocenters. The first-order valence-electron chi connectivity index (χ1n) is 11.8. The number of benzene rings is 3. The first-order chi connectivity index (χ1) is 15.8. The summed E-state index contributed by atoms with van der Waals surface area (Å²) in [4.78, 5) is 4.76. The first kappa shape index (κ1) is 26.3. The number of rotatable bonds is 3. The summed E-state index contributed by atoms with van der Waals surface area (Å²) in [6.07, 6.45) is 9.40. The van der Waals surface area contributed by atoms with Crippen LogP contribution in [0.4, 0.5) is 0 Å². The van der Waals surface area contributed by atoms with Crippen molar-refractivity contribution in [2.24, 2.45) is 0 Å². The maximum atomic E-state index is 4.76. The molecule has 4 aromatic rings. The molecule has 0 N–H and O–H groups in total. The Hall–Kier alpha value is -1.77. The summed E-state index contributed by atoms with van der Waals surface area (Å²) in [7, 11) is 0. The normalized spacial score (nSPS) is 18.3. The van der Waals surface area contributed by atoms with Gasteiger partial charge in [-0.05, 0) is 0 Å². The van der Waals surface area contributed by atoms with Gasteiger partial charge in [0.1, 0.15) is 0 Å². The molecule has 0 radical (unpaired) electrons. The summed E-state index contributed by atoms with van der Waals surface area (Å²) in [5, 5.41) is 1.20. The van der Waals surface area contributed by atoms with Crippen LogP contribution in [0.15, 0.2) is 90.6 Å². The van der Waals surface area contributed by atoms with Gasteiger partial charge in [0.2, 0.25) is 0 Å². The van der Waals surface area contributed by atoms with Gasteiger partial charge < -0.3 is 0 Å². The van der Waals surface area contributed by atoms with E-state index in [9.17, 15) is 0 Å². The maximum absolute atomic E-state index is 4.76. The Kier molecular flexibility index (Phi) is 6.97. The Bertz CT molecular complexity index is 1580. The van der Waals surface area contributed by atoms with Crippen molar-refractivity contribution in [3.8, 4) is 11.1 Å². The van der Waals surface area contributed by atoms with Crippen LogP contribution in [0.5, 0.6) is 0 Å². The molecule has 5 heteroatoms. The Labute approximate surface area is 223 Å². The van der Waals surface area contributed by atoms with Crippen molar-refractivity contribution in [3.05, 3.63) is 113 Å². The second-order valence-corrected chi connectivity index (χ2v) is 41.5. The number of allylic oxidation sites excluding steroid dienone is 2. The van der Waals surface area contributed by atoms with Crippen molar-refractivity contribution in [2.75, 3.05) is 0 Å². The molecule has 0 spiro atoms. The number of halogens is 2. The average Bonchev–Trinajstić information content (AvgIpc) is 3.40. The quantitative estimate of drug-likeness (QED) is 0.217. The molecule has 6 rings (SSSR count). The molecular formula is C30H31Cl2NSiZr. The number of hydrogen-bond donors (Lipinski definition) is 0. The monoisotopic (exact) mass is 593 g/mol. The van der Waals surface area contributed by atoms with Crippen LogP contribution >= 0.6 is 24.8 Å². The van der Waals surface area contributed by atoms with Gasteiger partial charge in [0.25, 0.3) is 0 Å². The molecule has 3 aromatic carbocycles. The summed E-state index contributed by atoms with van der Waals surface area (Å²) in [6.45, 7) is 4.76. The Morgan fingerprint density at radius 1 is 0.857 bits per heavy atom. The third kappa shape index (κ3) is 4.15. The molecule has 1 heterocycles. The topological polar surface area (TPSA) is 12.9 Å². The zero-order valence-corrected chi connectivity index (χ0v) is 25.9. The number of fused-ring (bicyclic) bond motifs is 3. The van der Waals surface area contributed by atoms with E-state index in [0.717, 1.165) is 5.52 Å². The van der Waals surface area contributed by atoms with E-state index in [-0.39, 0.29) is 24.8 Å². The van der Waals surface area contributed by atoms with Gasteiger partial charge in [-0.1, -0.05) is 0 Å². The van der Waals surface area contributed by atoms with E-state index in [4.69, 9.17) is 4.98 Å². The fourth-order valence-corrected chi connectivity index (χ4v) is 24.7. The average molecular weight is 596 g/mol. The van der Waals surface area contributed by atoms with Crippen molar-refractivity contribution in [1.29, 1.82) is 0 Å². The zero-order chi connectivity index (χ0) is 22.8. The first-order valence-corrected chi connectivity index (χ1v) is 25.5. The van der Waals surface area contributed by atoms with E-state index in [1.165, 1.54) is 38.8 Å². The number of nitrogens with zero attached hydrogens (tertiary/aromatic N) is 1. The molecule has 2 aliphatic carbocycles. The van der Waals surface area contributed by atoms with Crippen molar-refractivity contribution in [3.63, 3.8) is 0 Å². The minimum absolute atomic E-state index is 0. The van der Waals surface area contributed by atoms with Gasteiger partial charge in [0.15, 0.2) is 0 Å². The van der Waals surface area contributed by atoms with Gasteiger partial charge in [0.05, 0.1) is 0 Å². The molecule has 1 aromatic heterocycles. The molecule has 2 unspecified atom stereocenters. The van der Waals surface area contributed by atoms with Crippen LogP contribution in [0.3, 0.4) is 0 Å². The van der Waals surface area contributed by atoms with E-state index in [1.807, 2.05) is 6.20 Å². The summed E-state index contributed by atoms with van der Waals surface area (Å²) in [5.74, 6) is 0. The van der Waals surface area contributed by atoms with Gasteiger partial charge >= 0.3 is 200 Å². The van der Waals surface area contributed by atoms with E-state index in [2.05, 4.69) is 114 Å². The molecule has 1 nitrogen and oxygen atoms in total. The van der Waals surface area contributed by atoms with E-state index in [0.29, 0.717) is 7.25 Å². The van der Waals surface area contributed by atoms with Crippen LogP contribution in [0.25, 0.3) is 34.2 Å². The van der Waals surface area contributed by atoms with Crippen molar-refractivity contribution in [2.45, 2.75) is 23.4 Å². The third-order valence-electron chi connectivity index (χ3n) is 7.95. The molecule has 178 valence electrons. The van der Waals surface area contributed by atoms with E-state index in [1.54, 1.807) is 5.56 Å². The van der Waals surface area contributed by atoms with Gasteiger partial charge in [-0.15, -0.1) is 24.8 Å². The van der Waals surface area contributed by atoms with Crippen LogP contribution in [0.1, 0.15) is 36.4 Å². The Morgan fingerprint density at radius 2 is 1.57 bits per heavy atom. The number of para-hydroxylation sites is 1. The smallest absolute Gasteiger partial charge is 0.147 e. The predicted octanol–water partition coefficient (Wildman–Crippen LogP) is 8.31. The molecule has 2 aliphatic rings. The molecule has 0 bridgehead atoms. The summed E-state index contributed by atoms with van der Waals surface area (Å²) < 4.78 is 6.48. The molecule has 0 saturated carbocycles. The number of pyridine rings is 1. The van der Waals surface area contributed by atoms with Crippen molar-refractivity contribution >= 4 is 54.7 Å². The molecule has 35 heavy (non-hydrogen) atoms. The van der Waals surface area contributed by atoms with Crippen molar-refractivity contribution < 1.29 is 17.4 Å². The van der Waals surface area contributed by atoms with Crippen LogP contribution in [0.2, 0.25) is 9.26 Å². The second-order valence-electron chi connectivity index (χ2n) is 10.9. The fraction of sp³-hybridized carbons (Fsp3) is 0.167. The summed E-state index contributed by atoms with van der Waals surface area (Å²) >= 11 is -3.32. The summed E-state index contributed by atoms with van der Waals surface area (Å²) in [5.41, 5.74) is 11.0. The van der Waals surface area contributed by atoms with Crippen LogP contribution in [-0.2, 0) is 17.4 Å². The van der Waals surface area contributed by atoms with Crippen molar-refractivity contribution in [1.82, 2.24) is 4.98 Å². The molecule has 0 saturated heterocycles. The minimum atomic E-state index is -3.32. The maximum Gasteiger partial charge on any atom is -0.147 e. The fourth-order valence-electron chi connectivity index (χ4n) is 6.54. The van der Waals surface area contributed by atoms with Gasteiger partial charge in [0, 0.05) is 0 Å². The van der Waals surface area contributed by atoms with Crippen LogP contribution in [-0.4, -0.2) is 11.9 Å². The van der Waals surface area contributed by atoms with Crippen LogP contribution < -0.4 is 0 Å². The van der Waals surface area contributed by atoms with Gasteiger partial charge in [-0.25, -0.2) is 0 Å². The standard InChI is InChI=1S/C19H14N.C9H7.2CH3.2ClH.H2Si.Zr/c1-13-9-14-6-4-7-17(18(14)10-13)16-11-15-5-2-3-8-19(15)20-12-16;1-2-5-9-7-3-6-8(9)4-1;;;;;;/h2-12H,1H3;1-7H;2*1H3;2*1H;1H2;. The SMILES string of the molecule is CC1=Cc2c(-c3cnc4ccccc4c3)cccc2[CH]1[Zr]([CH3])([CH3])(=[SiH2])[CH]1C=Cc2ccccc21.Cl.Cl. The van der Waals surface area contributed by atoms with Gasteiger partial charge in [-0.3, -0.25) is 0 Å². The van der Waals surface area contributed by atoms with E-state index < -0.39 is 17.4 Å². The second kappa shape index (κ2) is 9.27. The molecule has 0 fully saturated rings. The molecule has 0 aliphatic heterocycles. The molecular weight excluding hydrogens is 565 g/mol. The molecule has 0 amide bonds. The Morgan fingerprint density at radius 3 is 2.40 bits per heavy atom. The number of aromatic nitrogens is 1.